The van der Waals surface area contributed by atoms with Gasteiger partial charge >= 0.3 is 0 Å². The lowest BCUT2D eigenvalue weighted by molar-refractivity contribution is -0.384. The van der Waals surface area contributed by atoms with E-state index in [1.165, 1.54) is 34.3 Å². The summed E-state index contributed by atoms with van der Waals surface area (Å²) in [5, 5.41) is 20.2. The van der Waals surface area contributed by atoms with Gasteiger partial charge in [0.25, 0.3) is 5.69 Å². The number of halogens is 1. The third-order valence-electron chi connectivity index (χ3n) is 2.70. The largest absolute Gasteiger partial charge is 0.273 e. The summed E-state index contributed by atoms with van der Waals surface area (Å²) in [4.78, 5) is 22.2. The van der Waals surface area contributed by atoms with E-state index in [1.54, 1.807) is 24.4 Å². The SMILES string of the molecule is Cc1csc(=NN=Cc2ccc([N+](=O)[O-])cc2)n1C(=O)CCl. The van der Waals surface area contributed by atoms with E-state index in [0.29, 0.717) is 10.4 Å². The molecule has 22 heavy (non-hydrogen) atoms. The number of nitro benzene ring substituents is 1. The highest BCUT2D eigenvalue weighted by Crippen LogP contribution is 2.10. The molecule has 0 aliphatic carbocycles. The van der Waals surface area contributed by atoms with Gasteiger partial charge in [0.05, 0.1) is 11.1 Å². The third-order valence-corrected chi connectivity index (χ3v) is 3.86. The summed E-state index contributed by atoms with van der Waals surface area (Å²) in [5.74, 6) is -0.415. The number of benzene rings is 1. The van der Waals surface area contributed by atoms with Gasteiger partial charge in [-0.2, -0.15) is 5.10 Å². The van der Waals surface area contributed by atoms with Gasteiger partial charge in [0.15, 0.2) is 0 Å². The van der Waals surface area contributed by atoms with Crippen molar-refractivity contribution in [2.24, 2.45) is 10.2 Å². The first-order valence-electron chi connectivity index (χ1n) is 6.10. The second-order valence-corrected chi connectivity index (χ2v) is 5.32. The van der Waals surface area contributed by atoms with Gasteiger partial charge in [-0.1, -0.05) is 0 Å². The predicted molar refractivity (Wildman–Crippen MR) is 84.6 cm³/mol. The van der Waals surface area contributed by atoms with Crippen molar-refractivity contribution in [2.75, 3.05) is 5.88 Å². The number of nitrogens with zero attached hydrogens (tertiary/aromatic N) is 4. The molecule has 7 nitrogen and oxygen atoms in total. The number of hydrogen-bond acceptors (Lipinski definition) is 6. The van der Waals surface area contributed by atoms with Gasteiger partial charge < -0.3 is 0 Å². The molecule has 1 aromatic carbocycles. The topological polar surface area (TPSA) is 89.9 Å². The van der Waals surface area contributed by atoms with Crippen LogP contribution < -0.4 is 4.80 Å². The summed E-state index contributed by atoms with van der Waals surface area (Å²) in [7, 11) is 0. The monoisotopic (exact) mass is 338 g/mol. The predicted octanol–water partition coefficient (Wildman–Crippen LogP) is 2.58. The van der Waals surface area contributed by atoms with Crippen LogP contribution in [0.4, 0.5) is 5.69 Å². The number of aryl methyl sites for hydroxylation is 1. The molecule has 2 rings (SSSR count). The lowest BCUT2D eigenvalue weighted by atomic mass is 10.2. The Hall–Kier alpha value is -2.32. The van der Waals surface area contributed by atoms with Crippen LogP contribution in [-0.4, -0.2) is 27.5 Å². The molecule has 9 heteroatoms. The first-order chi connectivity index (χ1) is 10.5. The standard InChI is InChI=1S/C13H11ClN4O3S/c1-9-8-22-13(17(9)12(19)6-14)16-15-7-10-2-4-11(5-3-10)18(20)21/h2-5,7-8H,6H2,1H3. The minimum absolute atomic E-state index is 0.00789. The lowest BCUT2D eigenvalue weighted by Gasteiger charge is -1.99. The van der Waals surface area contributed by atoms with Crippen LogP contribution in [0.5, 0.6) is 0 Å². The molecule has 0 aliphatic rings. The molecule has 1 aromatic heterocycles. The molecule has 0 aliphatic heterocycles. The van der Waals surface area contributed by atoms with Crippen molar-refractivity contribution in [3.8, 4) is 0 Å². The van der Waals surface area contributed by atoms with E-state index in [9.17, 15) is 14.9 Å². The van der Waals surface area contributed by atoms with E-state index in [1.807, 2.05) is 0 Å². The second kappa shape index (κ2) is 7.10. The Bertz CT molecular complexity index is 792. The Balaban J connectivity index is 2.24. The Labute approximate surface area is 134 Å². The average molecular weight is 339 g/mol. The van der Waals surface area contributed by atoms with Crippen LogP contribution in [0.2, 0.25) is 0 Å². The van der Waals surface area contributed by atoms with Gasteiger partial charge in [0, 0.05) is 23.2 Å². The first-order valence-corrected chi connectivity index (χ1v) is 7.52. The first kappa shape index (κ1) is 16.1. The summed E-state index contributed by atoms with van der Waals surface area (Å²) in [6.45, 7) is 1.78. The van der Waals surface area contributed by atoms with Crippen LogP contribution in [0.3, 0.4) is 0 Å². The molecule has 0 unspecified atom stereocenters. The fourth-order valence-corrected chi connectivity index (χ4v) is 2.60. The zero-order valence-corrected chi connectivity index (χ0v) is 13.0. The van der Waals surface area contributed by atoms with E-state index in [-0.39, 0.29) is 17.5 Å². The normalized spacial score (nSPS) is 12.0. The Morgan fingerprint density at radius 2 is 2.14 bits per heavy atom. The number of thiazole rings is 1. The Kier molecular flexibility index (Phi) is 5.18. The Morgan fingerprint density at radius 1 is 1.45 bits per heavy atom. The zero-order chi connectivity index (χ0) is 16.1. The van der Waals surface area contributed by atoms with Gasteiger partial charge in [-0.05, 0) is 24.6 Å². The molecule has 0 spiro atoms. The number of hydrogen-bond donors (Lipinski definition) is 0. The number of nitro groups is 1. The quantitative estimate of drug-likeness (QED) is 0.371. The summed E-state index contributed by atoms with van der Waals surface area (Å²) in [5.41, 5.74) is 1.41. The molecule has 0 amide bonds. The van der Waals surface area contributed by atoms with Crippen molar-refractivity contribution in [1.29, 1.82) is 0 Å². The average Bonchev–Trinajstić information content (AvgIpc) is 2.88. The van der Waals surface area contributed by atoms with Crippen molar-refractivity contribution < 1.29 is 9.72 Å². The van der Waals surface area contributed by atoms with Gasteiger partial charge in [0.2, 0.25) is 10.7 Å². The fourth-order valence-electron chi connectivity index (χ4n) is 1.65. The maximum Gasteiger partial charge on any atom is 0.269 e. The van der Waals surface area contributed by atoms with E-state index >= 15 is 0 Å². The molecule has 114 valence electrons. The van der Waals surface area contributed by atoms with Crippen molar-refractivity contribution in [1.82, 2.24) is 4.57 Å². The summed E-state index contributed by atoms with van der Waals surface area (Å²) < 4.78 is 1.39. The molecule has 0 radical (unpaired) electrons. The summed E-state index contributed by atoms with van der Waals surface area (Å²) in [6, 6.07) is 5.89. The Morgan fingerprint density at radius 3 is 2.73 bits per heavy atom. The molecule has 0 atom stereocenters. The van der Waals surface area contributed by atoms with E-state index < -0.39 is 4.92 Å². The van der Waals surface area contributed by atoms with E-state index in [0.717, 1.165) is 5.69 Å². The number of carbonyl (C=O) groups is 1. The molecule has 0 fully saturated rings. The van der Waals surface area contributed by atoms with Gasteiger partial charge in [0.1, 0.15) is 5.88 Å². The number of rotatable bonds is 4. The smallest absolute Gasteiger partial charge is 0.269 e. The van der Waals surface area contributed by atoms with E-state index in [4.69, 9.17) is 11.6 Å². The van der Waals surface area contributed by atoms with Crippen molar-refractivity contribution in [2.45, 2.75) is 6.92 Å². The maximum atomic E-state index is 11.7. The molecule has 0 saturated heterocycles. The third kappa shape index (κ3) is 3.66. The molecule has 0 saturated carbocycles. The van der Waals surface area contributed by atoms with Crippen LogP contribution in [0, 0.1) is 17.0 Å². The molecule has 0 N–H and O–H groups in total. The molecule has 2 aromatic rings. The van der Waals surface area contributed by atoms with Crippen LogP contribution >= 0.6 is 22.9 Å². The highest BCUT2D eigenvalue weighted by atomic mass is 35.5. The summed E-state index contributed by atoms with van der Waals surface area (Å²) in [6.07, 6.45) is 1.45. The fraction of sp³-hybridized carbons (Fsp3) is 0.154. The van der Waals surface area contributed by atoms with Crippen LogP contribution in [-0.2, 0) is 0 Å². The minimum atomic E-state index is -0.472. The molecule has 0 bridgehead atoms. The van der Waals surface area contributed by atoms with Gasteiger partial charge in [-0.25, -0.2) is 0 Å². The van der Waals surface area contributed by atoms with Crippen LogP contribution in [0.15, 0.2) is 39.8 Å². The number of carbonyl (C=O) groups excluding carboxylic acids is 1. The zero-order valence-electron chi connectivity index (χ0n) is 11.5. The number of aromatic nitrogens is 1. The number of alkyl halides is 1. The second-order valence-electron chi connectivity index (χ2n) is 4.22. The van der Waals surface area contributed by atoms with Crippen molar-refractivity contribution in [3.63, 3.8) is 0 Å². The van der Waals surface area contributed by atoms with Crippen molar-refractivity contribution >= 4 is 40.7 Å². The van der Waals surface area contributed by atoms with Gasteiger partial charge in [-0.3, -0.25) is 19.5 Å². The maximum absolute atomic E-state index is 11.7. The van der Waals surface area contributed by atoms with E-state index in [2.05, 4.69) is 10.2 Å². The van der Waals surface area contributed by atoms with Crippen LogP contribution in [0.1, 0.15) is 16.1 Å². The molecule has 1 heterocycles. The highest BCUT2D eigenvalue weighted by molar-refractivity contribution is 7.07. The van der Waals surface area contributed by atoms with Crippen molar-refractivity contribution in [3.05, 3.63) is 55.8 Å². The molecular formula is C13H11ClN4O3S. The lowest BCUT2D eigenvalue weighted by Crippen LogP contribution is -2.24. The van der Waals surface area contributed by atoms with Crippen LogP contribution in [0.25, 0.3) is 0 Å². The minimum Gasteiger partial charge on any atom is -0.273 e. The van der Waals surface area contributed by atoms with Gasteiger partial charge in [-0.15, -0.1) is 28.0 Å². The number of non-ortho nitro benzene ring substituents is 1. The molecular weight excluding hydrogens is 328 g/mol. The summed E-state index contributed by atoms with van der Waals surface area (Å²) >= 11 is 6.83. The highest BCUT2D eigenvalue weighted by Gasteiger charge is 2.08.